The van der Waals surface area contributed by atoms with Gasteiger partial charge in [-0.1, -0.05) is 18.7 Å². The van der Waals surface area contributed by atoms with Crippen LogP contribution in [0.5, 0.6) is 0 Å². The highest BCUT2D eigenvalue weighted by Crippen LogP contribution is 2.24. The van der Waals surface area contributed by atoms with Crippen LogP contribution >= 0.6 is 0 Å². The number of hydrogen-bond acceptors (Lipinski definition) is 1. The van der Waals surface area contributed by atoms with Crippen molar-refractivity contribution in [2.45, 2.75) is 13.1 Å². The summed E-state index contributed by atoms with van der Waals surface area (Å²) in [6.45, 7) is 4.42. The Balaban J connectivity index is 4.20. The molecule has 0 aromatic heterocycles. The lowest BCUT2D eigenvalue weighted by Crippen LogP contribution is -2.08. The molecule has 0 aromatic carbocycles. The van der Waals surface area contributed by atoms with E-state index in [1.54, 1.807) is 6.92 Å². The molecule has 0 heterocycles. The lowest BCUT2D eigenvalue weighted by molar-refractivity contribution is -0.0878. The maximum Gasteiger partial charge on any atom is 0.415 e. The topological polar surface area (TPSA) is 26.0 Å². The summed E-state index contributed by atoms with van der Waals surface area (Å²) >= 11 is 0. The number of alkyl halides is 3. The SMILES string of the molecule is C=C(/C=C\C=C(/C)N)C(F)(F)F. The second kappa shape index (κ2) is 3.99. The Hall–Kier alpha value is -1.19. The van der Waals surface area contributed by atoms with Crippen LogP contribution in [0.4, 0.5) is 13.2 Å². The minimum absolute atomic E-state index is 0.446. The molecule has 0 radical (unpaired) electrons. The highest BCUT2D eigenvalue weighted by Gasteiger charge is 2.29. The van der Waals surface area contributed by atoms with Crippen molar-refractivity contribution in [1.82, 2.24) is 0 Å². The van der Waals surface area contributed by atoms with Crippen LogP contribution < -0.4 is 5.73 Å². The van der Waals surface area contributed by atoms with E-state index < -0.39 is 11.7 Å². The van der Waals surface area contributed by atoms with Gasteiger partial charge >= 0.3 is 6.18 Å². The van der Waals surface area contributed by atoms with E-state index in [1.807, 2.05) is 0 Å². The monoisotopic (exact) mass is 177 g/mol. The van der Waals surface area contributed by atoms with Crippen LogP contribution in [0, 0.1) is 0 Å². The Morgan fingerprint density at radius 2 is 1.92 bits per heavy atom. The zero-order valence-corrected chi connectivity index (χ0v) is 6.65. The van der Waals surface area contributed by atoms with Crippen molar-refractivity contribution in [2.75, 3.05) is 0 Å². The first-order chi connectivity index (χ1) is 5.34. The predicted octanol–water partition coefficient (Wildman–Crippen LogP) is 2.52. The Bertz CT molecular complexity index is 219. The summed E-state index contributed by atoms with van der Waals surface area (Å²) in [5.41, 5.74) is 4.74. The molecule has 0 rings (SSSR count). The zero-order chi connectivity index (χ0) is 9.78. The molecule has 0 aromatic rings. The van der Waals surface area contributed by atoms with Crippen LogP contribution in [-0.2, 0) is 0 Å². The molecule has 0 unspecified atom stereocenters. The summed E-state index contributed by atoms with van der Waals surface area (Å²) in [6.07, 6.45) is -0.898. The van der Waals surface area contributed by atoms with Gasteiger partial charge in [-0.05, 0) is 13.0 Å². The number of hydrogen-bond donors (Lipinski definition) is 1. The molecule has 0 fully saturated rings. The van der Waals surface area contributed by atoms with Gasteiger partial charge in [0.25, 0.3) is 0 Å². The van der Waals surface area contributed by atoms with Crippen LogP contribution in [0.1, 0.15) is 6.92 Å². The third kappa shape index (κ3) is 4.60. The molecule has 1 nitrogen and oxygen atoms in total. The third-order valence-electron chi connectivity index (χ3n) is 1.02. The predicted molar refractivity (Wildman–Crippen MR) is 42.3 cm³/mol. The number of allylic oxidation sites excluding steroid dienone is 5. The zero-order valence-electron chi connectivity index (χ0n) is 6.65. The number of halogens is 3. The van der Waals surface area contributed by atoms with Crippen LogP contribution in [0.15, 0.2) is 36.1 Å². The molecule has 0 saturated heterocycles. The summed E-state index contributed by atoms with van der Waals surface area (Å²) in [6, 6.07) is 0. The number of rotatable bonds is 2. The van der Waals surface area contributed by atoms with Crippen LogP contribution in [0.2, 0.25) is 0 Å². The van der Waals surface area contributed by atoms with Crippen LogP contribution in [0.25, 0.3) is 0 Å². The van der Waals surface area contributed by atoms with Gasteiger partial charge in [-0.2, -0.15) is 13.2 Å². The molecule has 0 bridgehead atoms. The first-order valence-corrected chi connectivity index (χ1v) is 3.20. The summed E-state index contributed by atoms with van der Waals surface area (Å²) in [5.74, 6) is 0. The molecule has 0 aliphatic carbocycles. The maximum absolute atomic E-state index is 11.8. The van der Waals surface area contributed by atoms with Crippen molar-refractivity contribution >= 4 is 0 Å². The van der Waals surface area contributed by atoms with E-state index in [0.717, 1.165) is 6.08 Å². The second-order valence-corrected chi connectivity index (χ2v) is 2.29. The van der Waals surface area contributed by atoms with Crippen molar-refractivity contribution < 1.29 is 13.2 Å². The van der Waals surface area contributed by atoms with Crippen molar-refractivity contribution in [2.24, 2.45) is 5.73 Å². The summed E-state index contributed by atoms with van der Waals surface area (Å²) < 4.78 is 35.3. The van der Waals surface area contributed by atoms with E-state index in [1.165, 1.54) is 12.2 Å². The fourth-order valence-corrected chi connectivity index (χ4v) is 0.411. The molecule has 12 heavy (non-hydrogen) atoms. The molecular formula is C8H10F3N. The highest BCUT2D eigenvalue weighted by molar-refractivity contribution is 5.24. The maximum atomic E-state index is 11.8. The van der Waals surface area contributed by atoms with Gasteiger partial charge in [-0.15, -0.1) is 0 Å². The molecule has 68 valence electrons. The molecule has 0 spiro atoms. The van der Waals surface area contributed by atoms with Gasteiger partial charge in [0.05, 0.1) is 0 Å². The molecule has 0 amide bonds. The lowest BCUT2D eigenvalue weighted by atomic mass is 10.2. The van der Waals surface area contributed by atoms with E-state index in [9.17, 15) is 13.2 Å². The quantitative estimate of drug-likeness (QED) is 0.644. The smallest absolute Gasteiger partial charge is 0.402 e. The van der Waals surface area contributed by atoms with Crippen molar-refractivity contribution in [3.05, 3.63) is 36.1 Å². The summed E-state index contributed by atoms with van der Waals surface area (Å²) in [7, 11) is 0. The number of nitrogens with two attached hydrogens (primary N) is 1. The highest BCUT2D eigenvalue weighted by atomic mass is 19.4. The molecule has 4 heteroatoms. The Labute approximate surface area is 69.1 Å². The molecule has 0 aliphatic heterocycles. The fraction of sp³-hybridized carbons (Fsp3) is 0.250. The molecule has 0 saturated carbocycles. The van der Waals surface area contributed by atoms with E-state index in [4.69, 9.17) is 5.73 Å². The minimum Gasteiger partial charge on any atom is -0.402 e. The first kappa shape index (κ1) is 10.8. The molecule has 0 atom stereocenters. The third-order valence-corrected chi connectivity index (χ3v) is 1.02. The van der Waals surface area contributed by atoms with Crippen molar-refractivity contribution in [3.8, 4) is 0 Å². The van der Waals surface area contributed by atoms with Gasteiger partial charge in [0, 0.05) is 11.3 Å². The molecule has 2 N–H and O–H groups in total. The Morgan fingerprint density at radius 3 is 2.25 bits per heavy atom. The van der Waals surface area contributed by atoms with Crippen LogP contribution in [-0.4, -0.2) is 6.18 Å². The average Bonchev–Trinajstić information content (AvgIpc) is 1.84. The van der Waals surface area contributed by atoms with Crippen molar-refractivity contribution in [3.63, 3.8) is 0 Å². The first-order valence-electron chi connectivity index (χ1n) is 3.20. The summed E-state index contributed by atoms with van der Waals surface area (Å²) in [5, 5.41) is 0. The lowest BCUT2D eigenvalue weighted by Gasteiger charge is -2.03. The van der Waals surface area contributed by atoms with Gasteiger partial charge in [-0.3, -0.25) is 0 Å². The standard InChI is InChI=1S/C8H10F3N/c1-6(8(9,10)11)4-3-5-7(2)12/h3-5H,1,12H2,2H3/b4-3-,7-5+. The van der Waals surface area contributed by atoms with Gasteiger partial charge in [0.2, 0.25) is 0 Å². The average molecular weight is 177 g/mol. The van der Waals surface area contributed by atoms with E-state index in [2.05, 4.69) is 6.58 Å². The molecular weight excluding hydrogens is 167 g/mol. The van der Waals surface area contributed by atoms with Gasteiger partial charge in [0.1, 0.15) is 0 Å². The largest absolute Gasteiger partial charge is 0.415 e. The van der Waals surface area contributed by atoms with E-state index in [-0.39, 0.29) is 0 Å². The van der Waals surface area contributed by atoms with Crippen molar-refractivity contribution in [1.29, 1.82) is 0 Å². The Kier molecular flexibility index (Phi) is 3.60. The fourth-order valence-electron chi connectivity index (χ4n) is 0.411. The van der Waals surface area contributed by atoms with Gasteiger partial charge in [0.15, 0.2) is 0 Å². The normalized spacial score (nSPS) is 13.8. The second-order valence-electron chi connectivity index (χ2n) is 2.29. The minimum atomic E-state index is -4.35. The Morgan fingerprint density at radius 1 is 1.42 bits per heavy atom. The van der Waals surface area contributed by atoms with Gasteiger partial charge < -0.3 is 5.73 Å². The van der Waals surface area contributed by atoms with E-state index in [0.29, 0.717) is 5.70 Å². The van der Waals surface area contributed by atoms with Gasteiger partial charge in [-0.25, -0.2) is 0 Å². The van der Waals surface area contributed by atoms with E-state index >= 15 is 0 Å². The summed E-state index contributed by atoms with van der Waals surface area (Å²) in [4.78, 5) is 0. The molecule has 0 aliphatic rings. The van der Waals surface area contributed by atoms with Crippen LogP contribution in [0.3, 0.4) is 0 Å².